The van der Waals surface area contributed by atoms with Crippen LogP contribution in [0.3, 0.4) is 0 Å². The van der Waals surface area contributed by atoms with E-state index >= 15 is 0 Å². The standard InChI is InChI=1S/C18H15N5OS/c1-12-15(14-7-3-2-4-8-14)16-20-17(21-18(24)23(16)22-12)25-11-13-6-5-9-19-10-13/h2-10H,11H2,1H3,(H,20,21,24). The van der Waals surface area contributed by atoms with Gasteiger partial charge in [-0.15, -0.1) is 0 Å². The Morgan fingerprint density at radius 1 is 1.16 bits per heavy atom. The molecule has 7 heteroatoms. The number of hydrogen-bond acceptors (Lipinski definition) is 5. The highest BCUT2D eigenvalue weighted by Crippen LogP contribution is 2.27. The van der Waals surface area contributed by atoms with Gasteiger partial charge >= 0.3 is 5.69 Å². The lowest BCUT2D eigenvalue weighted by Crippen LogP contribution is -2.19. The van der Waals surface area contributed by atoms with Crippen LogP contribution in [0.25, 0.3) is 16.8 Å². The van der Waals surface area contributed by atoms with E-state index in [9.17, 15) is 4.79 Å². The van der Waals surface area contributed by atoms with Crippen molar-refractivity contribution in [2.75, 3.05) is 0 Å². The molecular formula is C18H15N5OS. The van der Waals surface area contributed by atoms with Gasteiger partial charge in [0.1, 0.15) is 0 Å². The van der Waals surface area contributed by atoms with E-state index in [0.29, 0.717) is 16.6 Å². The van der Waals surface area contributed by atoms with Gasteiger partial charge < -0.3 is 0 Å². The van der Waals surface area contributed by atoms with Crippen molar-refractivity contribution in [1.29, 1.82) is 0 Å². The zero-order valence-corrected chi connectivity index (χ0v) is 14.3. The zero-order valence-electron chi connectivity index (χ0n) is 13.5. The number of nitrogens with zero attached hydrogens (tertiary/aromatic N) is 4. The van der Waals surface area contributed by atoms with E-state index in [1.807, 2.05) is 55.6 Å². The summed E-state index contributed by atoms with van der Waals surface area (Å²) in [5, 5.41) is 4.91. The zero-order chi connectivity index (χ0) is 17.2. The summed E-state index contributed by atoms with van der Waals surface area (Å²) in [6.07, 6.45) is 3.55. The highest BCUT2D eigenvalue weighted by molar-refractivity contribution is 7.98. The molecule has 0 aliphatic carbocycles. The maximum atomic E-state index is 12.4. The molecule has 1 N–H and O–H groups in total. The Hall–Kier alpha value is -2.93. The van der Waals surface area contributed by atoms with Gasteiger partial charge in [-0.3, -0.25) is 9.97 Å². The topological polar surface area (TPSA) is 75.9 Å². The Kier molecular flexibility index (Phi) is 4.07. The number of benzene rings is 1. The number of aromatic amines is 1. The maximum Gasteiger partial charge on any atom is 0.350 e. The molecule has 4 rings (SSSR count). The molecule has 124 valence electrons. The molecule has 4 aromatic rings. The van der Waals surface area contributed by atoms with Gasteiger partial charge in [0.05, 0.1) is 5.69 Å². The van der Waals surface area contributed by atoms with Gasteiger partial charge in [0.15, 0.2) is 10.8 Å². The fourth-order valence-electron chi connectivity index (χ4n) is 2.67. The lowest BCUT2D eigenvalue weighted by Gasteiger charge is -2.03. The molecule has 0 amide bonds. The Morgan fingerprint density at radius 3 is 2.76 bits per heavy atom. The van der Waals surface area contributed by atoms with Crippen molar-refractivity contribution >= 4 is 17.4 Å². The summed E-state index contributed by atoms with van der Waals surface area (Å²) in [5.74, 6) is 0.681. The predicted octanol–water partition coefficient (Wildman–Crippen LogP) is 3.08. The second kappa shape index (κ2) is 6.52. The SMILES string of the molecule is Cc1nn2c(=O)[nH]c(SCc3cccnc3)nc2c1-c1ccccc1. The number of H-pyrrole nitrogens is 1. The number of rotatable bonds is 4. The highest BCUT2D eigenvalue weighted by atomic mass is 32.2. The molecule has 0 saturated heterocycles. The minimum Gasteiger partial charge on any atom is -0.285 e. The summed E-state index contributed by atoms with van der Waals surface area (Å²) in [7, 11) is 0. The molecule has 3 heterocycles. The largest absolute Gasteiger partial charge is 0.350 e. The van der Waals surface area contributed by atoms with Crippen LogP contribution in [0.1, 0.15) is 11.3 Å². The molecule has 0 atom stereocenters. The average Bonchev–Trinajstić information content (AvgIpc) is 2.98. The average molecular weight is 349 g/mol. The Bertz CT molecular complexity index is 1070. The van der Waals surface area contributed by atoms with Gasteiger partial charge in [-0.1, -0.05) is 48.2 Å². The van der Waals surface area contributed by atoms with E-state index in [4.69, 9.17) is 0 Å². The van der Waals surface area contributed by atoms with Crippen molar-refractivity contribution in [3.63, 3.8) is 0 Å². The van der Waals surface area contributed by atoms with Crippen LogP contribution in [0.5, 0.6) is 0 Å². The van der Waals surface area contributed by atoms with Crippen molar-refractivity contribution in [3.8, 4) is 11.1 Å². The number of pyridine rings is 1. The third kappa shape index (κ3) is 3.06. The van der Waals surface area contributed by atoms with Gasteiger partial charge in [0.2, 0.25) is 0 Å². The molecule has 0 unspecified atom stereocenters. The minimum atomic E-state index is -0.288. The predicted molar refractivity (Wildman–Crippen MR) is 97.6 cm³/mol. The number of aromatic nitrogens is 5. The minimum absolute atomic E-state index is 0.288. The fourth-order valence-corrected chi connectivity index (χ4v) is 3.46. The van der Waals surface area contributed by atoms with E-state index in [1.54, 1.807) is 6.20 Å². The molecular weight excluding hydrogens is 334 g/mol. The summed E-state index contributed by atoms with van der Waals surface area (Å²) >= 11 is 1.47. The van der Waals surface area contributed by atoms with Gasteiger partial charge in [0.25, 0.3) is 0 Å². The molecule has 0 saturated carbocycles. The summed E-state index contributed by atoms with van der Waals surface area (Å²) in [6.45, 7) is 1.89. The molecule has 0 bridgehead atoms. The maximum absolute atomic E-state index is 12.4. The van der Waals surface area contributed by atoms with Gasteiger partial charge in [-0.25, -0.2) is 9.78 Å². The summed E-state index contributed by atoms with van der Waals surface area (Å²) in [6, 6.07) is 13.8. The summed E-state index contributed by atoms with van der Waals surface area (Å²) in [4.78, 5) is 23.9. The summed E-state index contributed by atoms with van der Waals surface area (Å²) in [5.41, 5.74) is 4.01. The van der Waals surface area contributed by atoms with Gasteiger partial charge in [0, 0.05) is 23.7 Å². The monoisotopic (exact) mass is 349 g/mol. The van der Waals surface area contributed by atoms with Crippen LogP contribution in [0.2, 0.25) is 0 Å². The van der Waals surface area contributed by atoms with E-state index in [-0.39, 0.29) is 5.69 Å². The molecule has 1 aromatic carbocycles. The smallest absolute Gasteiger partial charge is 0.285 e. The first-order valence-electron chi connectivity index (χ1n) is 7.79. The lowest BCUT2D eigenvalue weighted by atomic mass is 10.1. The van der Waals surface area contributed by atoms with Crippen molar-refractivity contribution in [2.24, 2.45) is 0 Å². The van der Waals surface area contributed by atoms with E-state index < -0.39 is 0 Å². The van der Waals surface area contributed by atoms with Crippen molar-refractivity contribution in [3.05, 3.63) is 76.6 Å². The number of fused-ring (bicyclic) bond motifs is 1. The quantitative estimate of drug-likeness (QED) is 0.573. The second-order valence-corrected chi connectivity index (χ2v) is 6.52. The Balaban J connectivity index is 1.77. The molecule has 0 radical (unpaired) electrons. The van der Waals surface area contributed by atoms with Gasteiger partial charge in [-0.05, 0) is 24.1 Å². The molecule has 6 nitrogen and oxygen atoms in total. The number of thioether (sulfide) groups is 1. The number of hydrogen-bond donors (Lipinski definition) is 1. The number of nitrogens with one attached hydrogen (secondary N) is 1. The molecule has 0 aliphatic heterocycles. The third-order valence-corrected chi connectivity index (χ3v) is 4.75. The van der Waals surface area contributed by atoms with Crippen LogP contribution in [0.4, 0.5) is 0 Å². The first kappa shape index (κ1) is 15.6. The van der Waals surface area contributed by atoms with Crippen LogP contribution in [0.15, 0.2) is 64.8 Å². The second-order valence-electron chi connectivity index (χ2n) is 5.56. The van der Waals surface area contributed by atoms with Crippen LogP contribution < -0.4 is 5.69 Å². The van der Waals surface area contributed by atoms with E-state index in [1.165, 1.54) is 16.3 Å². The normalized spacial score (nSPS) is 11.1. The van der Waals surface area contributed by atoms with Crippen molar-refractivity contribution < 1.29 is 0 Å². The van der Waals surface area contributed by atoms with Crippen molar-refractivity contribution in [2.45, 2.75) is 17.8 Å². The molecule has 0 spiro atoms. The van der Waals surface area contributed by atoms with Crippen LogP contribution in [-0.2, 0) is 5.75 Å². The number of aryl methyl sites for hydroxylation is 1. The van der Waals surface area contributed by atoms with Gasteiger partial charge in [-0.2, -0.15) is 9.61 Å². The van der Waals surface area contributed by atoms with E-state index in [0.717, 1.165) is 22.4 Å². The first-order chi connectivity index (χ1) is 12.2. The third-order valence-electron chi connectivity index (χ3n) is 3.81. The molecule has 3 aromatic heterocycles. The van der Waals surface area contributed by atoms with E-state index in [2.05, 4.69) is 20.1 Å². The first-order valence-corrected chi connectivity index (χ1v) is 8.78. The van der Waals surface area contributed by atoms with Crippen molar-refractivity contribution in [1.82, 2.24) is 24.6 Å². The van der Waals surface area contributed by atoms with Crippen LogP contribution in [-0.4, -0.2) is 24.6 Å². The fraction of sp³-hybridized carbons (Fsp3) is 0.111. The highest BCUT2D eigenvalue weighted by Gasteiger charge is 2.16. The Labute approximate surface area is 148 Å². The lowest BCUT2D eigenvalue weighted by molar-refractivity contribution is 0.780. The molecule has 0 fully saturated rings. The van der Waals surface area contributed by atoms with Crippen LogP contribution in [0, 0.1) is 6.92 Å². The summed E-state index contributed by atoms with van der Waals surface area (Å²) < 4.78 is 1.33. The molecule has 25 heavy (non-hydrogen) atoms. The molecule has 0 aliphatic rings. The van der Waals surface area contributed by atoms with Crippen LogP contribution >= 0.6 is 11.8 Å². The Morgan fingerprint density at radius 2 is 2.00 bits per heavy atom.